The fourth-order valence-electron chi connectivity index (χ4n) is 2.25. The first-order valence-electron chi connectivity index (χ1n) is 6.79. The van der Waals surface area contributed by atoms with Crippen LogP contribution in [-0.4, -0.2) is 60.6 Å². The number of piperazine rings is 1. The van der Waals surface area contributed by atoms with Crippen LogP contribution in [0.3, 0.4) is 0 Å². The van der Waals surface area contributed by atoms with Gasteiger partial charge < -0.3 is 9.64 Å². The first-order valence-corrected chi connectivity index (χ1v) is 7.58. The fraction of sp³-hybridized carbons (Fsp3) is 0.571. The molecule has 1 saturated heterocycles. The number of hydrogen-bond acceptors (Lipinski definition) is 5. The third-order valence-corrected chi connectivity index (χ3v) is 3.97. The molecule has 0 spiro atoms. The number of ether oxygens (including phenoxy) is 1. The topological polar surface area (TPSA) is 45.7 Å². The van der Waals surface area contributed by atoms with E-state index in [9.17, 15) is 4.79 Å². The highest BCUT2D eigenvalue weighted by Crippen LogP contribution is 2.11. The van der Waals surface area contributed by atoms with Crippen LogP contribution < -0.4 is 0 Å². The summed E-state index contributed by atoms with van der Waals surface area (Å²) in [7, 11) is 1.44. The molecule has 5 nitrogen and oxygen atoms in total. The quantitative estimate of drug-likeness (QED) is 0.760. The Morgan fingerprint density at radius 2 is 2.00 bits per heavy atom. The minimum atomic E-state index is -0.133. The Balaban J connectivity index is 1.71. The summed E-state index contributed by atoms with van der Waals surface area (Å²) in [6, 6.07) is 4.07. The maximum Gasteiger partial charge on any atom is 0.306 e. The van der Waals surface area contributed by atoms with Crippen LogP contribution >= 0.6 is 15.9 Å². The maximum atomic E-state index is 11.1. The summed E-state index contributed by atoms with van der Waals surface area (Å²) in [6.07, 6.45) is 2.31. The van der Waals surface area contributed by atoms with Crippen molar-refractivity contribution < 1.29 is 9.53 Å². The Bertz CT molecular complexity index is 431. The van der Waals surface area contributed by atoms with E-state index in [1.54, 1.807) is 0 Å². The van der Waals surface area contributed by atoms with Crippen molar-refractivity contribution in [2.45, 2.75) is 13.0 Å². The molecule has 1 aliphatic rings. The van der Waals surface area contributed by atoms with Gasteiger partial charge in [0.1, 0.15) is 0 Å². The van der Waals surface area contributed by atoms with Gasteiger partial charge in [-0.15, -0.1) is 0 Å². The van der Waals surface area contributed by atoms with Crippen LogP contribution in [0.25, 0.3) is 0 Å². The largest absolute Gasteiger partial charge is 0.469 e. The lowest BCUT2D eigenvalue weighted by Crippen LogP contribution is -2.46. The molecule has 0 saturated carbocycles. The van der Waals surface area contributed by atoms with E-state index in [4.69, 9.17) is 0 Å². The third kappa shape index (κ3) is 4.85. The lowest BCUT2D eigenvalue weighted by atomic mass is 10.2. The molecule has 0 radical (unpaired) electrons. The molecule has 0 bridgehead atoms. The van der Waals surface area contributed by atoms with Crippen LogP contribution in [0, 0.1) is 0 Å². The Morgan fingerprint density at radius 1 is 1.30 bits per heavy atom. The van der Waals surface area contributed by atoms with Crippen LogP contribution in [-0.2, 0) is 16.1 Å². The minimum Gasteiger partial charge on any atom is -0.469 e. The molecule has 110 valence electrons. The molecule has 0 N–H and O–H groups in total. The van der Waals surface area contributed by atoms with E-state index < -0.39 is 0 Å². The normalized spacial score (nSPS) is 17.1. The number of rotatable bonds is 5. The SMILES string of the molecule is COC(=O)CCN1CCN(Cc2ccc(Br)cn2)CC1. The number of esters is 1. The summed E-state index contributed by atoms with van der Waals surface area (Å²) < 4.78 is 5.67. The van der Waals surface area contributed by atoms with Crippen LogP contribution in [0.2, 0.25) is 0 Å². The number of methoxy groups -OCH3 is 1. The summed E-state index contributed by atoms with van der Waals surface area (Å²) in [5.41, 5.74) is 1.09. The molecule has 1 aromatic rings. The maximum absolute atomic E-state index is 11.1. The smallest absolute Gasteiger partial charge is 0.306 e. The van der Waals surface area contributed by atoms with Crippen molar-refractivity contribution in [3.63, 3.8) is 0 Å². The van der Waals surface area contributed by atoms with Gasteiger partial charge >= 0.3 is 5.97 Å². The highest BCUT2D eigenvalue weighted by molar-refractivity contribution is 9.10. The zero-order valence-corrected chi connectivity index (χ0v) is 13.3. The number of nitrogens with zero attached hydrogens (tertiary/aromatic N) is 3. The molecule has 6 heteroatoms. The number of carbonyl (C=O) groups is 1. The van der Waals surface area contributed by atoms with Crippen molar-refractivity contribution >= 4 is 21.9 Å². The van der Waals surface area contributed by atoms with Gasteiger partial charge in [0.25, 0.3) is 0 Å². The van der Waals surface area contributed by atoms with Crippen molar-refractivity contribution in [2.75, 3.05) is 39.8 Å². The van der Waals surface area contributed by atoms with E-state index in [-0.39, 0.29) is 5.97 Å². The fourth-order valence-corrected chi connectivity index (χ4v) is 2.49. The predicted octanol–water partition coefficient (Wildman–Crippen LogP) is 1.52. The molecule has 0 aliphatic carbocycles. The van der Waals surface area contributed by atoms with Crippen molar-refractivity contribution in [3.05, 3.63) is 28.5 Å². The summed E-state index contributed by atoms with van der Waals surface area (Å²) in [6.45, 7) is 5.69. The van der Waals surface area contributed by atoms with Gasteiger partial charge in [0, 0.05) is 49.9 Å². The molecule has 1 aromatic heterocycles. The van der Waals surface area contributed by atoms with Crippen molar-refractivity contribution in [3.8, 4) is 0 Å². The number of aromatic nitrogens is 1. The first kappa shape index (κ1) is 15.4. The van der Waals surface area contributed by atoms with Gasteiger partial charge in [0.15, 0.2) is 0 Å². The zero-order valence-electron chi connectivity index (χ0n) is 11.7. The van der Waals surface area contributed by atoms with E-state index in [1.165, 1.54) is 7.11 Å². The average molecular weight is 342 g/mol. The van der Waals surface area contributed by atoms with E-state index in [0.717, 1.165) is 49.4 Å². The van der Waals surface area contributed by atoms with Crippen molar-refractivity contribution in [1.29, 1.82) is 0 Å². The molecule has 1 aliphatic heterocycles. The number of carbonyl (C=O) groups excluding carboxylic acids is 1. The predicted molar refractivity (Wildman–Crippen MR) is 80.3 cm³/mol. The molecule has 0 amide bonds. The minimum absolute atomic E-state index is 0.133. The van der Waals surface area contributed by atoms with E-state index in [2.05, 4.69) is 35.5 Å². The summed E-state index contributed by atoms with van der Waals surface area (Å²) in [5, 5.41) is 0. The van der Waals surface area contributed by atoms with Gasteiger partial charge in [-0.1, -0.05) is 0 Å². The molecule has 0 atom stereocenters. The number of pyridine rings is 1. The van der Waals surface area contributed by atoms with Crippen molar-refractivity contribution in [2.24, 2.45) is 0 Å². The van der Waals surface area contributed by atoms with E-state index in [0.29, 0.717) is 6.42 Å². The van der Waals surface area contributed by atoms with Crippen LogP contribution in [0.5, 0.6) is 0 Å². The van der Waals surface area contributed by atoms with Gasteiger partial charge in [-0.25, -0.2) is 0 Å². The lowest BCUT2D eigenvalue weighted by molar-refractivity contribution is -0.141. The molecule has 2 rings (SSSR count). The molecule has 0 aromatic carbocycles. The third-order valence-electron chi connectivity index (χ3n) is 3.50. The average Bonchev–Trinajstić information content (AvgIpc) is 2.48. The Kier molecular flexibility index (Phi) is 5.94. The van der Waals surface area contributed by atoms with Crippen LogP contribution in [0.1, 0.15) is 12.1 Å². The van der Waals surface area contributed by atoms with Crippen LogP contribution in [0.4, 0.5) is 0 Å². The number of hydrogen-bond donors (Lipinski definition) is 0. The zero-order chi connectivity index (χ0) is 14.4. The Hall–Kier alpha value is -0.980. The monoisotopic (exact) mass is 341 g/mol. The number of halogens is 1. The summed E-state index contributed by atoms with van der Waals surface area (Å²) in [5.74, 6) is -0.133. The molecular formula is C14H20BrN3O2. The van der Waals surface area contributed by atoms with Crippen LogP contribution in [0.15, 0.2) is 22.8 Å². The standard InChI is InChI=1S/C14H20BrN3O2/c1-20-14(19)4-5-17-6-8-18(9-7-17)11-13-3-2-12(15)10-16-13/h2-3,10H,4-9,11H2,1H3. The summed E-state index contributed by atoms with van der Waals surface area (Å²) in [4.78, 5) is 20.2. The van der Waals surface area contributed by atoms with E-state index in [1.807, 2.05) is 18.3 Å². The van der Waals surface area contributed by atoms with Gasteiger partial charge in [0.2, 0.25) is 0 Å². The lowest BCUT2D eigenvalue weighted by Gasteiger charge is -2.34. The van der Waals surface area contributed by atoms with Crippen molar-refractivity contribution in [1.82, 2.24) is 14.8 Å². The highest BCUT2D eigenvalue weighted by atomic mass is 79.9. The molecule has 2 heterocycles. The summed E-state index contributed by atoms with van der Waals surface area (Å²) >= 11 is 3.39. The molecule has 20 heavy (non-hydrogen) atoms. The molecule has 0 unspecified atom stereocenters. The highest BCUT2D eigenvalue weighted by Gasteiger charge is 2.17. The molecule has 1 fully saturated rings. The Morgan fingerprint density at radius 3 is 2.60 bits per heavy atom. The second kappa shape index (κ2) is 7.71. The first-order chi connectivity index (χ1) is 9.67. The Labute approximate surface area is 128 Å². The van der Waals surface area contributed by atoms with Gasteiger partial charge in [0.05, 0.1) is 19.2 Å². The second-order valence-corrected chi connectivity index (χ2v) is 5.83. The van der Waals surface area contributed by atoms with Gasteiger partial charge in [-0.05, 0) is 28.1 Å². The van der Waals surface area contributed by atoms with Gasteiger partial charge in [-0.3, -0.25) is 14.7 Å². The second-order valence-electron chi connectivity index (χ2n) is 4.91. The van der Waals surface area contributed by atoms with Gasteiger partial charge in [-0.2, -0.15) is 0 Å². The van der Waals surface area contributed by atoms with E-state index >= 15 is 0 Å². The molecular weight excluding hydrogens is 322 g/mol.